The van der Waals surface area contributed by atoms with E-state index < -0.39 is 0 Å². The Morgan fingerprint density at radius 2 is 1.78 bits per heavy atom. The van der Waals surface area contributed by atoms with Gasteiger partial charge in [0.1, 0.15) is 5.75 Å². The van der Waals surface area contributed by atoms with Crippen molar-refractivity contribution in [3.8, 4) is 5.75 Å². The van der Waals surface area contributed by atoms with Crippen molar-refractivity contribution < 1.29 is 4.74 Å². The second-order valence-corrected chi connectivity index (χ2v) is 6.04. The number of aliphatic imine (C=N–C) groups is 1. The largest absolute Gasteiger partial charge is 0.497 e. The third-order valence-electron chi connectivity index (χ3n) is 4.32. The van der Waals surface area contributed by atoms with Crippen LogP contribution in [0.25, 0.3) is 0 Å². The summed E-state index contributed by atoms with van der Waals surface area (Å²) in [5.41, 5.74) is 1.16. The molecule has 1 aromatic carbocycles. The Hall–Kier alpha value is -2.10. The van der Waals surface area contributed by atoms with Crippen LogP contribution in [0.4, 0.5) is 5.95 Å². The molecule has 3 rings (SSSR count). The number of guanidine groups is 1. The zero-order valence-electron chi connectivity index (χ0n) is 15.8. The summed E-state index contributed by atoms with van der Waals surface area (Å²) >= 11 is 0. The van der Waals surface area contributed by atoms with Crippen LogP contribution >= 0.6 is 24.0 Å². The van der Waals surface area contributed by atoms with Gasteiger partial charge < -0.3 is 19.9 Å². The molecule has 7 nitrogen and oxygen atoms in total. The molecule has 2 heterocycles. The number of rotatable bonds is 5. The zero-order chi connectivity index (χ0) is 18.2. The van der Waals surface area contributed by atoms with E-state index in [1.165, 1.54) is 0 Å². The number of hydrogen-bond donors (Lipinski definition) is 1. The molecule has 8 heteroatoms. The Labute approximate surface area is 177 Å². The molecule has 146 valence electrons. The van der Waals surface area contributed by atoms with Gasteiger partial charge in [-0.25, -0.2) is 15.0 Å². The molecular weight excluding hydrogens is 455 g/mol. The highest BCUT2D eigenvalue weighted by Crippen LogP contribution is 2.13. The molecule has 0 aliphatic carbocycles. The lowest BCUT2D eigenvalue weighted by Gasteiger charge is -2.36. The summed E-state index contributed by atoms with van der Waals surface area (Å²) in [4.78, 5) is 18.0. The van der Waals surface area contributed by atoms with Crippen LogP contribution in [0, 0.1) is 0 Å². The van der Waals surface area contributed by atoms with Crippen LogP contribution < -0.4 is 15.0 Å². The first-order chi connectivity index (χ1) is 12.8. The van der Waals surface area contributed by atoms with Gasteiger partial charge in [0, 0.05) is 45.1 Å². The standard InChI is InChI=1S/C19H26N6O.HI/c1-3-20-18(23-15-16-5-7-17(26-2)8-6-16)24-11-13-25(14-12-24)19-21-9-4-10-22-19;/h4-10H,3,11-15H2,1-2H3,(H,20,23);1H. The van der Waals surface area contributed by atoms with Gasteiger partial charge in [-0.15, -0.1) is 24.0 Å². The van der Waals surface area contributed by atoms with Crippen LogP contribution in [0.1, 0.15) is 12.5 Å². The van der Waals surface area contributed by atoms with Crippen molar-refractivity contribution in [2.24, 2.45) is 4.99 Å². The lowest BCUT2D eigenvalue weighted by atomic mass is 10.2. The van der Waals surface area contributed by atoms with E-state index in [1.807, 2.05) is 18.2 Å². The van der Waals surface area contributed by atoms with Crippen molar-refractivity contribution in [3.05, 3.63) is 48.3 Å². The summed E-state index contributed by atoms with van der Waals surface area (Å²) in [6, 6.07) is 9.88. The molecule has 0 bridgehead atoms. The maximum Gasteiger partial charge on any atom is 0.225 e. The molecule has 1 aliphatic heterocycles. The van der Waals surface area contributed by atoms with Crippen molar-refractivity contribution in [1.82, 2.24) is 20.2 Å². The highest BCUT2D eigenvalue weighted by molar-refractivity contribution is 14.0. The van der Waals surface area contributed by atoms with Crippen molar-refractivity contribution in [1.29, 1.82) is 0 Å². The molecule has 2 aromatic rings. The van der Waals surface area contributed by atoms with Crippen molar-refractivity contribution in [3.63, 3.8) is 0 Å². The van der Waals surface area contributed by atoms with E-state index in [2.05, 4.69) is 44.1 Å². The second-order valence-electron chi connectivity index (χ2n) is 6.04. The molecule has 1 aliphatic rings. The SMILES string of the molecule is CCNC(=NCc1ccc(OC)cc1)N1CCN(c2ncccn2)CC1.I. The minimum Gasteiger partial charge on any atom is -0.497 e. The van der Waals surface area contributed by atoms with Crippen LogP contribution in [0.3, 0.4) is 0 Å². The number of aromatic nitrogens is 2. The predicted octanol–water partition coefficient (Wildman–Crippen LogP) is 2.39. The van der Waals surface area contributed by atoms with Crippen molar-refractivity contribution in [2.45, 2.75) is 13.5 Å². The smallest absolute Gasteiger partial charge is 0.225 e. The molecule has 0 atom stereocenters. The Kier molecular flexibility index (Phi) is 8.56. The topological polar surface area (TPSA) is 65.9 Å². The maximum atomic E-state index is 5.20. The Morgan fingerprint density at radius 1 is 1.11 bits per heavy atom. The fraction of sp³-hybridized carbons (Fsp3) is 0.421. The van der Waals surface area contributed by atoms with Gasteiger partial charge in [-0.3, -0.25) is 0 Å². The van der Waals surface area contributed by atoms with Crippen LogP contribution in [0.15, 0.2) is 47.7 Å². The molecule has 1 fully saturated rings. The Morgan fingerprint density at radius 3 is 2.37 bits per heavy atom. The summed E-state index contributed by atoms with van der Waals surface area (Å²) in [5, 5.41) is 3.40. The summed E-state index contributed by atoms with van der Waals surface area (Å²) < 4.78 is 5.20. The first kappa shape index (κ1) is 21.2. The van der Waals surface area contributed by atoms with Gasteiger partial charge in [-0.1, -0.05) is 12.1 Å². The third-order valence-corrected chi connectivity index (χ3v) is 4.32. The van der Waals surface area contributed by atoms with Crippen molar-refractivity contribution >= 4 is 35.9 Å². The number of nitrogens with zero attached hydrogens (tertiary/aromatic N) is 5. The predicted molar refractivity (Wildman–Crippen MR) is 119 cm³/mol. The van der Waals surface area contributed by atoms with E-state index in [0.29, 0.717) is 6.54 Å². The van der Waals surface area contributed by atoms with Crippen LogP contribution in [-0.4, -0.2) is 60.7 Å². The molecule has 0 spiro atoms. The molecule has 27 heavy (non-hydrogen) atoms. The van der Waals surface area contributed by atoms with Gasteiger partial charge in [-0.05, 0) is 30.7 Å². The van der Waals surface area contributed by atoms with Crippen LogP contribution in [-0.2, 0) is 6.54 Å². The Balaban J connectivity index is 0.00000261. The number of nitrogens with one attached hydrogen (secondary N) is 1. The Bertz CT molecular complexity index is 702. The van der Waals surface area contributed by atoms with Crippen LogP contribution in [0.5, 0.6) is 5.75 Å². The monoisotopic (exact) mass is 482 g/mol. The summed E-state index contributed by atoms with van der Waals surface area (Å²) in [5.74, 6) is 2.62. The van der Waals surface area contributed by atoms with E-state index in [9.17, 15) is 0 Å². The third kappa shape index (κ3) is 5.95. The highest BCUT2D eigenvalue weighted by Gasteiger charge is 2.20. The normalized spacial score (nSPS) is 14.5. The minimum atomic E-state index is 0. The quantitative estimate of drug-likeness (QED) is 0.401. The minimum absolute atomic E-state index is 0. The first-order valence-electron chi connectivity index (χ1n) is 8.98. The zero-order valence-corrected chi connectivity index (χ0v) is 18.2. The fourth-order valence-electron chi connectivity index (χ4n) is 2.90. The second kappa shape index (κ2) is 10.9. The van der Waals surface area contributed by atoms with E-state index in [4.69, 9.17) is 9.73 Å². The molecule has 1 N–H and O–H groups in total. The number of hydrogen-bond acceptors (Lipinski definition) is 5. The van der Waals surface area contributed by atoms with Gasteiger partial charge in [0.05, 0.1) is 13.7 Å². The van der Waals surface area contributed by atoms with E-state index in [1.54, 1.807) is 19.5 Å². The molecular formula is C19H27IN6O. The molecule has 0 radical (unpaired) electrons. The molecule has 0 unspecified atom stereocenters. The summed E-state index contributed by atoms with van der Waals surface area (Å²) in [6.45, 7) is 7.15. The van der Waals surface area contributed by atoms with Gasteiger partial charge in [-0.2, -0.15) is 0 Å². The van der Waals surface area contributed by atoms with Gasteiger partial charge in [0.2, 0.25) is 5.95 Å². The molecule has 0 amide bonds. The average molecular weight is 482 g/mol. The molecule has 0 saturated carbocycles. The average Bonchev–Trinajstić information content (AvgIpc) is 2.72. The number of anilines is 1. The number of piperazine rings is 1. The number of ether oxygens (including phenoxy) is 1. The first-order valence-corrected chi connectivity index (χ1v) is 8.98. The number of methoxy groups -OCH3 is 1. The van der Waals surface area contributed by atoms with E-state index in [-0.39, 0.29) is 24.0 Å². The van der Waals surface area contributed by atoms with Gasteiger partial charge >= 0.3 is 0 Å². The summed E-state index contributed by atoms with van der Waals surface area (Å²) in [7, 11) is 1.68. The van der Waals surface area contributed by atoms with E-state index in [0.717, 1.165) is 55.9 Å². The molecule has 1 aromatic heterocycles. The molecule has 1 saturated heterocycles. The van der Waals surface area contributed by atoms with Gasteiger partial charge in [0.15, 0.2) is 5.96 Å². The fourth-order valence-corrected chi connectivity index (χ4v) is 2.90. The van der Waals surface area contributed by atoms with E-state index >= 15 is 0 Å². The highest BCUT2D eigenvalue weighted by atomic mass is 127. The van der Waals surface area contributed by atoms with Crippen molar-refractivity contribution in [2.75, 3.05) is 44.7 Å². The van der Waals surface area contributed by atoms with Crippen LogP contribution in [0.2, 0.25) is 0 Å². The summed E-state index contributed by atoms with van der Waals surface area (Å²) in [6.07, 6.45) is 3.57. The number of benzene rings is 1. The van der Waals surface area contributed by atoms with Gasteiger partial charge in [0.25, 0.3) is 0 Å². The lowest BCUT2D eigenvalue weighted by Crippen LogP contribution is -2.52. The lowest BCUT2D eigenvalue weighted by molar-refractivity contribution is 0.370. The number of halogens is 1. The maximum absolute atomic E-state index is 5.20.